The van der Waals surface area contributed by atoms with Crippen molar-refractivity contribution >= 4 is 29.9 Å². The van der Waals surface area contributed by atoms with E-state index in [4.69, 9.17) is 0 Å². The first-order valence-electron chi connectivity index (χ1n) is 9.60. The van der Waals surface area contributed by atoms with Crippen molar-refractivity contribution in [2.24, 2.45) is 4.99 Å². The molecule has 0 amide bonds. The summed E-state index contributed by atoms with van der Waals surface area (Å²) in [7, 11) is 1.87. The van der Waals surface area contributed by atoms with Crippen molar-refractivity contribution in [2.45, 2.75) is 57.0 Å². The second kappa shape index (κ2) is 11.0. The Morgan fingerprint density at radius 3 is 2.64 bits per heavy atom. The molecule has 0 aromatic heterocycles. The van der Waals surface area contributed by atoms with Crippen LogP contribution in [0.1, 0.15) is 44.1 Å². The fraction of sp³-hybridized carbons (Fsp3) is 0.650. The molecule has 1 atom stereocenters. The molecule has 5 heteroatoms. The van der Waals surface area contributed by atoms with Gasteiger partial charge in [0.25, 0.3) is 0 Å². The van der Waals surface area contributed by atoms with E-state index in [2.05, 4.69) is 50.9 Å². The number of rotatable bonds is 6. The lowest BCUT2D eigenvalue weighted by Gasteiger charge is -2.24. The van der Waals surface area contributed by atoms with E-state index in [-0.39, 0.29) is 24.0 Å². The van der Waals surface area contributed by atoms with Crippen LogP contribution in [0.4, 0.5) is 0 Å². The Morgan fingerprint density at radius 2 is 1.92 bits per heavy atom. The number of likely N-dealkylation sites (tertiary alicyclic amines) is 1. The lowest BCUT2D eigenvalue weighted by molar-refractivity contribution is 0.242. The van der Waals surface area contributed by atoms with E-state index >= 15 is 0 Å². The Balaban J connectivity index is 0.00000225. The Hall–Kier alpha value is -0.820. The molecule has 2 N–H and O–H groups in total. The minimum absolute atomic E-state index is 0. The van der Waals surface area contributed by atoms with E-state index < -0.39 is 0 Å². The maximum Gasteiger partial charge on any atom is 0.191 e. The van der Waals surface area contributed by atoms with E-state index in [0.717, 1.165) is 31.4 Å². The van der Waals surface area contributed by atoms with Gasteiger partial charge < -0.3 is 10.6 Å². The average molecular weight is 456 g/mol. The van der Waals surface area contributed by atoms with Crippen LogP contribution in [0.25, 0.3) is 0 Å². The lowest BCUT2D eigenvalue weighted by Crippen LogP contribution is -2.45. The summed E-state index contributed by atoms with van der Waals surface area (Å²) in [6.07, 6.45) is 9.13. The number of aliphatic imine (C=N–C) groups is 1. The van der Waals surface area contributed by atoms with Crippen LogP contribution in [0.2, 0.25) is 0 Å². The Labute approximate surface area is 169 Å². The summed E-state index contributed by atoms with van der Waals surface area (Å²) >= 11 is 0. The third-order valence-electron chi connectivity index (χ3n) is 5.40. The summed E-state index contributed by atoms with van der Waals surface area (Å²) in [6, 6.07) is 12.1. The summed E-state index contributed by atoms with van der Waals surface area (Å²) in [5, 5.41) is 7.09. The predicted octanol–water partition coefficient (Wildman–Crippen LogP) is 3.42. The molecule has 3 rings (SSSR count). The van der Waals surface area contributed by atoms with E-state index in [0.29, 0.717) is 6.04 Å². The van der Waals surface area contributed by atoms with Crippen LogP contribution in [-0.4, -0.2) is 49.6 Å². The van der Waals surface area contributed by atoms with Crippen LogP contribution in [-0.2, 0) is 6.42 Å². The minimum Gasteiger partial charge on any atom is -0.356 e. The summed E-state index contributed by atoms with van der Waals surface area (Å²) in [6.45, 7) is 3.39. The second-order valence-electron chi connectivity index (χ2n) is 7.15. The molecular formula is C20H33IN4. The molecule has 0 bridgehead atoms. The molecule has 1 aliphatic heterocycles. The van der Waals surface area contributed by atoms with Crippen molar-refractivity contribution in [3.05, 3.63) is 35.9 Å². The smallest absolute Gasteiger partial charge is 0.191 e. The topological polar surface area (TPSA) is 39.7 Å². The number of hydrogen-bond donors (Lipinski definition) is 2. The standard InChI is InChI=1S/C20H32N4.HI/c1-21-20(22-14-7-10-17-8-3-2-4-9-17)23-18-13-15-24(16-18)19-11-5-6-12-19;/h2-4,8-9,18-19H,5-7,10-16H2,1H3,(H2,21,22,23);1H. The number of nitrogens with one attached hydrogen (secondary N) is 2. The van der Waals surface area contributed by atoms with Crippen molar-refractivity contribution < 1.29 is 0 Å². The highest BCUT2D eigenvalue weighted by Crippen LogP contribution is 2.26. The van der Waals surface area contributed by atoms with Gasteiger partial charge >= 0.3 is 0 Å². The van der Waals surface area contributed by atoms with Crippen LogP contribution in [0, 0.1) is 0 Å². The monoisotopic (exact) mass is 456 g/mol. The quantitative estimate of drug-likeness (QED) is 0.298. The molecular weight excluding hydrogens is 423 g/mol. The molecule has 1 saturated heterocycles. The van der Waals surface area contributed by atoms with Gasteiger partial charge in [0.05, 0.1) is 0 Å². The van der Waals surface area contributed by atoms with Crippen molar-refractivity contribution in [1.82, 2.24) is 15.5 Å². The highest BCUT2D eigenvalue weighted by molar-refractivity contribution is 14.0. The molecule has 0 spiro atoms. The molecule has 0 radical (unpaired) electrons. The van der Waals surface area contributed by atoms with E-state index in [1.807, 2.05) is 7.05 Å². The molecule has 2 fully saturated rings. The SMILES string of the molecule is CN=C(NCCCc1ccccc1)NC1CCN(C2CCCC2)C1.I. The van der Waals surface area contributed by atoms with E-state index in [1.54, 1.807) is 0 Å². The van der Waals surface area contributed by atoms with Crippen LogP contribution < -0.4 is 10.6 Å². The molecule has 140 valence electrons. The van der Waals surface area contributed by atoms with Gasteiger partial charge in [0.15, 0.2) is 5.96 Å². The van der Waals surface area contributed by atoms with Crippen molar-refractivity contribution in [1.29, 1.82) is 0 Å². The lowest BCUT2D eigenvalue weighted by atomic mass is 10.1. The maximum atomic E-state index is 4.39. The van der Waals surface area contributed by atoms with Gasteiger partial charge in [0.1, 0.15) is 0 Å². The van der Waals surface area contributed by atoms with Crippen LogP contribution >= 0.6 is 24.0 Å². The highest BCUT2D eigenvalue weighted by atomic mass is 127. The maximum absolute atomic E-state index is 4.39. The van der Waals surface area contributed by atoms with Crippen molar-refractivity contribution in [3.63, 3.8) is 0 Å². The van der Waals surface area contributed by atoms with Gasteiger partial charge in [-0.15, -0.1) is 24.0 Å². The predicted molar refractivity (Wildman–Crippen MR) is 117 cm³/mol. The minimum atomic E-state index is 0. The zero-order chi connectivity index (χ0) is 16.6. The molecule has 1 saturated carbocycles. The van der Waals surface area contributed by atoms with Crippen molar-refractivity contribution in [2.75, 3.05) is 26.7 Å². The Bertz CT molecular complexity index is 514. The fourth-order valence-corrected chi connectivity index (χ4v) is 4.04. The van der Waals surface area contributed by atoms with Gasteiger partial charge in [-0.2, -0.15) is 0 Å². The molecule has 1 unspecified atom stereocenters. The van der Waals surface area contributed by atoms with E-state index in [1.165, 1.54) is 50.8 Å². The van der Waals surface area contributed by atoms with Gasteiger partial charge in [-0.25, -0.2) is 0 Å². The molecule has 1 heterocycles. The largest absolute Gasteiger partial charge is 0.356 e. The highest BCUT2D eigenvalue weighted by Gasteiger charge is 2.30. The third kappa shape index (κ3) is 6.44. The first-order valence-corrected chi connectivity index (χ1v) is 9.60. The zero-order valence-corrected chi connectivity index (χ0v) is 17.7. The molecule has 4 nitrogen and oxygen atoms in total. The first-order chi connectivity index (χ1) is 11.8. The van der Waals surface area contributed by atoms with Gasteiger partial charge in [0, 0.05) is 38.8 Å². The summed E-state index contributed by atoms with van der Waals surface area (Å²) in [5.41, 5.74) is 1.41. The average Bonchev–Trinajstić information content (AvgIpc) is 3.30. The number of hydrogen-bond acceptors (Lipinski definition) is 2. The number of aryl methyl sites for hydroxylation is 1. The summed E-state index contributed by atoms with van der Waals surface area (Å²) < 4.78 is 0. The van der Waals surface area contributed by atoms with Gasteiger partial charge in [-0.3, -0.25) is 9.89 Å². The van der Waals surface area contributed by atoms with Gasteiger partial charge in [-0.1, -0.05) is 43.2 Å². The number of guanidine groups is 1. The molecule has 1 aliphatic carbocycles. The zero-order valence-electron chi connectivity index (χ0n) is 15.4. The van der Waals surface area contributed by atoms with Gasteiger partial charge in [-0.05, 0) is 37.7 Å². The normalized spacial score (nSPS) is 22.0. The second-order valence-corrected chi connectivity index (χ2v) is 7.15. The van der Waals surface area contributed by atoms with Crippen LogP contribution in [0.15, 0.2) is 35.3 Å². The third-order valence-corrected chi connectivity index (χ3v) is 5.40. The molecule has 25 heavy (non-hydrogen) atoms. The van der Waals surface area contributed by atoms with Crippen LogP contribution in [0.3, 0.4) is 0 Å². The fourth-order valence-electron chi connectivity index (χ4n) is 4.04. The van der Waals surface area contributed by atoms with Crippen molar-refractivity contribution in [3.8, 4) is 0 Å². The molecule has 1 aromatic rings. The summed E-state index contributed by atoms with van der Waals surface area (Å²) in [5.74, 6) is 0.960. The molecule has 1 aromatic carbocycles. The Morgan fingerprint density at radius 1 is 1.16 bits per heavy atom. The number of benzene rings is 1. The summed E-state index contributed by atoms with van der Waals surface area (Å²) in [4.78, 5) is 7.08. The van der Waals surface area contributed by atoms with E-state index in [9.17, 15) is 0 Å². The molecule has 2 aliphatic rings. The number of halogens is 1. The first kappa shape index (κ1) is 20.5. The van der Waals surface area contributed by atoms with Crippen LogP contribution in [0.5, 0.6) is 0 Å². The Kier molecular flexibility index (Phi) is 9.03. The van der Waals surface area contributed by atoms with Gasteiger partial charge in [0.2, 0.25) is 0 Å². The number of nitrogens with zero attached hydrogens (tertiary/aromatic N) is 2.